The predicted molar refractivity (Wildman–Crippen MR) is 104 cm³/mol. The number of halogens is 4. The van der Waals surface area contributed by atoms with Gasteiger partial charge in [0.25, 0.3) is 0 Å². The van der Waals surface area contributed by atoms with Gasteiger partial charge in [-0.25, -0.2) is 4.79 Å². The van der Waals surface area contributed by atoms with Gasteiger partial charge in [0.2, 0.25) is 0 Å². The molecule has 1 aromatic rings. The summed E-state index contributed by atoms with van der Waals surface area (Å²) < 4.78 is 50.8. The second-order valence-electron chi connectivity index (χ2n) is 7.88. The van der Waals surface area contributed by atoms with E-state index in [1.165, 1.54) is 0 Å². The number of rotatable bonds is 8. The van der Waals surface area contributed by atoms with Crippen LogP contribution < -0.4 is 10.1 Å². The van der Waals surface area contributed by atoms with Gasteiger partial charge in [0.05, 0.1) is 17.6 Å². The molecule has 0 aromatic heterocycles. The normalized spacial score (nSPS) is 23.5. The zero-order valence-corrected chi connectivity index (χ0v) is 17.2. The molecular formula is C21H27ClF3NO3. The van der Waals surface area contributed by atoms with Crippen molar-refractivity contribution in [2.75, 3.05) is 13.2 Å². The van der Waals surface area contributed by atoms with E-state index in [9.17, 15) is 18.0 Å². The maximum atomic E-state index is 13.2. The summed E-state index contributed by atoms with van der Waals surface area (Å²) in [6.45, 7) is 1.94. The van der Waals surface area contributed by atoms with Crippen molar-refractivity contribution in [2.45, 2.75) is 69.7 Å². The Balaban J connectivity index is 1.66. The number of ether oxygens (including phenoxy) is 2. The van der Waals surface area contributed by atoms with E-state index in [1.54, 1.807) is 25.1 Å². The Morgan fingerprint density at radius 2 is 2.00 bits per heavy atom. The van der Waals surface area contributed by atoms with Crippen LogP contribution in [0.5, 0.6) is 5.75 Å². The van der Waals surface area contributed by atoms with E-state index in [1.807, 2.05) is 0 Å². The van der Waals surface area contributed by atoms with Gasteiger partial charge < -0.3 is 14.8 Å². The standard InChI is InChI=1S/C21H27ClF3NO3/c1-2-28-19(27)16-8-7-15(11-14(16)12-22)29-18-6-4-3-5-17(18)26-13-20(9-10-20)21(23,24)25/h7-8,11,17-18,26H,2-6,9-10,12-13H2,1H3/t17-,18-/m0/s1. The summed E-state index contributed by atoms with van der Waals surface area (Å²) >= 11 is 5.99. The van der Waals surface area contributed by atoms with E-state index >= 15 is 0 Å². The smallest absolute Gasteiger partial charge is 0.395 e. The number of hydrogen-bond donors (Lipinski definition) is 1. The Morgan fingerprint density at radius 1 is 1.28 bits per heavy atom. The molecule has 29 heavy (non-hydrogen) atoms. The molecule has 3 rings (SSSR count). The number of carbonyl (C=O) groups is 1. The first kappa shape index (κ1) is 22.2. The molecule has 0 unspecified atom stereocenters. The van der Waals surface area contributed by atoms with Crippen molar-refractivity contribution in [3.8, 4) is 5.75 Å². The van der Waals surface area contributed by atoms with Crippen molar-refractivity contribution in [1.29, 1.82) is 0 Å². The SMILES string of the molecule is CCOC(=O)c1ccc(O[C@H]2CCCC[C@@H]2NCC2(C(F)(F)F)CC2)cc1CCl. The van der Waals surface area contributed by atoms with Crippen LogP contribution >= 0.6 is 11.6 Å². The average Bonchev–Trinajstić information content (AvgIpc) is 3.48. The summed E-state index contributed by atoms with van der Waals surface area (Å²) in [5.41, 5.74) is -0.562. The molecule has 0 radical (unpaired) electrons. The maximum absolute atomic E-state index is 13.2. The molecule has 2 saturated carbocycles. The highest BCUT2D eigenvalue weighted by atomic mass is 35.5. The Hall–Kier alpha value is -1.47. The average molecular weight is 434 g/mol. The number of hydrogen-bond acceptors (Lipinski definition) is 4. The van der Waals surface area contributed by atoms with Crippen LogP contribution in [0.1, 0.15) is 61.4 Å². The molecule has 0 saturated heterocycles. The van der Waals surface area contributed by atoms with Gasteiger partial charge in [0, 0.05) is 18.5 Å². The third-order valence-electron chi connectivity index (χ3n) is 5.86. The second-order valence-corrected chi connectivity index (χ2v) is 8.15. The third kappa shape index (κ3) is 5.18. The summed E-state index contributed by atoms with van der Waals surface area (Å²) in [4.78, 5) is 12.0. The van der Waals surface area contributed by atoms with Gasteiger partial charge in [-0.15, -0.1) is 11.6 Å². The topological polar surface area (TPSA) is 47.6 Å². The summed E-state index contributed by atoms with van der Waals surface area (Å²) in [5, 5.41) is 3.13. The maximum Gasteiger partial charge on any atom is 0.395 e. The zero-order valence-electron chi connectivity index (χ0n) is 16.5. The highest BCUT2D eigenvalue weighted by molar-refractivity contribution is 6.17. The molecule has 2 aliphatic rings. The van der Waals surface area contributed by atoms with Crippen molar-refractivity contribution in [2.24, 2.45) is 5.41 Å². The molecule has 0 amide bonds. The molecule has 0 aliphatic heterocycles. The number of esters is 1. The van der Waals surface area contributed by atoms with Crippen molar-refractivity contribution in [3.63, 3.8) is 0 Å². The van der Waals surface area contributed by atoms with Crippen LogP contribution in [-0.2, 0) is 10.6 Å². The number of benzene rings is 1. The molecule has 0 heterocycles. The molecular weight excluding hydrogens is 407 g/mol. The molecule has 0 bridgehead atoms. The molecule has 2 atom stereocenters. The van der Waals surface area contributed by atoms with E-state index in [0.717, 1.165) is 25.7 Å². The van der Waals surface area contributed by atoms with Crippen LogP contribution in [0, 0.1) is 5.41 Å². The molecule has 2 fully saturated rings. The number of carbonyl (C=O) groups excluding carboxylic acids is 1. The first-order chi connectivity index (χ1) is 13.8. The summed E-state index contributed by atoms with van der Waals surface area (Å²) in [7, 11) is 0. The minimum Gasteiger partial charge on any atom is -0.489 e. The molecule has 1 aromatic carbocycles. The summed E-state index contributed by atoms with van der Waals surface area (Å²) in [6, 6.07) is 4.89. The van der Waals surface area contributed by atoms with E-state index in [0.29, 0.717) is 16.9 Å². The van der Waals surface area contributed by atoms with Gasteiger partial charge in [-0.1, -0.05) is 6.42 Å². The lowest BCUT2D eigenvalue weighted by atomic mass is 9.91. The fraction of sp³-hybridized carbons (Fsp3) is 0.667. The Bertz CT molecular complexity index is 722. The fourth-order valence-corrected chi connectivity index (χ4v) is 4.07. The Kier molecular flexibility index (Phi) is 6.99. The van der Waals surface area contributed by atoms with Gasteiger partial charge in [0.15, 0.2) is 0 Å². The van der Waals surface area contributed by atoms with E-state index in [4.69, 9.17) is 21.1 Å². The number of nitrogens with one attached hydrogen (secondary N) is 1. The van der Waals surface area contributed by atoms with E-state index in [-0.39, 0.29) is 44.0 Å². The van der Waals surface area contributed by atoms with Gasteiger partial charge in [-0.2, -0.15) is 13.2 Å². The van der Waals surface area contributed by atoms with Crippen LogP contribution in [-0.4, -0.2) is 37.4 Å². The predicted octanol–water partition coefficient (Wildman–Crippen LogP) is 5.22. The van der Waals surface area contributed by atoms with Crippen LogP contribution in [0.15, 0.2) is 18.2 Å². The van der Waals surface area contributed by atoms with Gasteiger partial charge >= 0.3 is 12.1 Å². The van der Waals surface area contributed by atoms with Crippen LogP contribution in [0.2, 0.25) is 0 Å². The first-order valence-corrected chi connectivity index (χ1v) is 10.7. The van der Waals surface area contributed by atoms with Crippen molar-refractivity contribution in [3.05, 3.63) is 29.3 Å². The Labute approximate surface area is 174 Å². The van der Waals surface area contributed by atoms with E-state index < -0.39 is 17.6 Å². The highest BCUT2D eigenvalue weighted by Crippen LogP contribution is 2.57. The molecule has 162 valence electrons. The van der Waals surface area contributed by atoms with Crippen LogP contribution in [0.3, 0.4) is 0 Å². The fourth-order valence-electron chi connectivity index (χ4n) is 3.85. The molecule has 0 spiro atoms. The van der Waals surface area contributed by atoms with Gasteiger partial charge in [0.1, 0.15) is 11.9 Å². The van der Waals surface area contributed by atoms with Gasteiger partial charge in [-0.05, 0) is 62.8 Å². The van der Waals surface area contributed by atoms with Crippen molar-refractivity contribution < 1.29 is 27.4 Å². The largest absolute Gasteiger partial charge is 0.489 e. The lowest BCUT2D eigenvalue weighted by Gasteiger charge is -2.34. The quantitative estimate of drug-likeness (QED) is 0.451. The van der Waals surface area contributed by atoms with Crippen LogP contribution in [0.4, 0.5) is 13.2 Å². The van der Waals surface area contributed by atoms with Crippen molar-refractivity contribution >= 4 is 17.6 Å². The van der Waals surface area contributed by atoms with Crippen molar-refractivity contribution in [1.82, 2.24) is 5.32 Å². The van der Waals surface area contributed by atoms with Gasteiger partial charge in [-0.3, -0.25) is 0 Å². The second kappa shape index (κ2) is 9.13. The lowest BCUT2D eigenvalue weighted by Crippen LogP contribution is -2.49. The summed E-state index contributed by atoms with van der Waals surface area (Å²) in [5.74, 6) is 0.254. The molecule has 1 N–H and O–H groups in total. The van der Waals surface area contributed by atoms with E-state index in [2.05, 4.69) is 5.32 Å². The summed E-state index contributed by atoms with van der Waals surface area (Å²) in [6.07, 6.45) is -0.518. The third-order valence-corrected chi connectivity index (χ3v) is 6.15. The van der Waals surface area contributed by atoms with Crippen LogP contribution in [0.25, 0.3) is 0 Å². The minimum absolute atomic E-state index is 0.0598. The Morgan fingerprint density at radius 3 is 2.62 bits per heavy atom. The highest BCUT2D eigenvalue weighted by Gasteiger charge is 2.62. The zero-order chi connectivity index (χ0) is 21.1. The first-order valence-electron chi connectivity index (χ1n) is 10.1. The molecule has 4 nitrogen and oxygen atoms in total. The lowest BCUT2D eigenvalue weighted by molar-refractivity contribution is -0.186. The molecule has 2 aliphatic carbocycles. The minimum atomic E-state index is -4.16. The monoisotopic (exact) mass is 433 g/mol. The molecule has 8 heteroatoms. The number of alkyl halides is 4.